The summed E-state index contributed by atoms with van der Waals surface area (Å²) in [6.07, 6.45) is 1.72. The molecule has 29 heavy (non-hydrogen) atoms. The summed E-state index contributed by atoms with van der Waals surface area (Å²) >= 11 is 0. The molecule has 0 unspecified atom stereocenters. The Kier molecular flexibility index (Phi) is 4.39. The van der Waals surface area contributed by atoms with Crippen molar-refractivity contribution in [3.05, 3.63) is 34.4 Å². The third kappa shape index (κ3) is 3.36. The molecular formula is C19H26BN5O4. The molecule has 0 aliphatic carbocycles. The van der Waals surface area contributed by atoms with Gasteiger partial charge in [0.15, 0.2) is 5.82 Å². The van der Waals surface area contributed by atoms with Gasteiger partial charge >= 0.3 is 7.12 Å². The smallest absolute Gasteiger partial charge is 0.399 e. The number of fused-ring (bicyclic) bond motifs is 1. The van der Waals surface area contributed by atoms with Crippen LogP contribution in [0.3, 0.4) is 0 Å². The van der Waals surface area contributed by atoms with Crippen LogP contribution in [0.4, 0.5) is 11.5 Å². The minimum atomic E-state index is -0.575. The van der Waals surface area contributed by atoms with Crippen molar-refractivity contribution in [1.29, 1.82) is 0 Å². The van der Waals surface area contributed by atoms with E-state index in [1.807, 2.05) is 33.8 Å². The number of carbonyl (C=O) groups is 1. The molecule has 2 aliphatic heterocycles. The van der Waals surface area contributed by atoms with Crippen LogP contribution in [0.2, 0.25) is 0 Å². The highest BCUT2D eigenvalue weighted by Gasteiger charge is 2.52. The number of pyridine rings is 1. The van der Waals surface area contributed by atoms with Gasteiger partial charge in [-0.1, -0.05) is 0 Å². The van der Waals surface area contributed by atoms with Crippen LogP contribution in [0.1, 0.15) is 33.4 Å². The molecule has 0 saturated carbocycles. The number of rotatable bonds is 3. The molecule has 9 nitrogen and oxygen atoms in total. The molecule has 0 radical (unpaired) electrons. The van der Waals surface area contributed by atoms with Crippen LogP contribution in [0.15, 0.2) is 23.1 Å². The zero-order valence-electron chi connectivity index (χ0n) is 17.6. The monoisotopic (exact) mass is 399 g/mol. The molecule has 0 aromatic carbocycles. The molecule has 10 heteroatoms. The second-order valence-electron chi connectivity index (χ2n) is 8.74. The van der Waals surface area contributed by atoms with Gasteiger partial charge in [0, 0.05) is 31.8 Å². The van der Waals surface area contributed by atoms with Gasteiger partial charge in [0.25, 0.3) is 5.56 Å². The summed E-state index contributed by atoms with van der Waals surface area (Å²) in [5, 5.41) is 7.52. The fraction of sp³-hybridized carbons (Fsp3) is 0.526. The lowest BCUT2D eigenvalue weighted by atomic mass is 9.80. The summed E-state index contributed by atoms with van der Waals surface area (Å²) in [6, 6.07) is 3.59. The number of nitrogens with one attached hydrogen (secondary N) is 1. The third-order valence-corrected chi connectivity index (χ3v) is 5.97. The Morgan fingerprint density at radius 3 is 2.38 bits per heavy atom. The van der Waals surface area contributed by atoms with E-state index in [0.29, 0.717) is 18.1 Å². The molecule has 4 rings (SSSR count). The van der Waals surface area contributed by atoms with Crippen LogP contribution in [-0.2, 0) is 34.2 Å². The Labute approximate surface area is 169 Å². The van der Waals surface area contributed by atoms with Crippen LogP contribution < -0.4 is 16.3 Å². The van der Waals surface area contributed by atoms with E-state index in [9.17, 15) is 9.59 Å². The second-order valence-corrected chi connectivity index (χ2v) is 8.74. The van der Waals surface area contributed by atoms with Gasteiger partial charge in [-0.15, -0.1) is 0 Å². The van der Waals surface area contributed by atoms with Crippen molar-refractivity contribution in [2.75, 3.05) is 12.4 Å². The zero-order chi connectivity index (χ0) is 21.1. The molecule has 154 valence electrons. The molecule has 2 aromatic heterocycles. The summed E-state index contributed by atoms with van der Waals surface area (Å²) in [7, 11) is 2.87. The van der Waals surface area contributed by atoms with Gasteiger partial charge in [0.2, 0.25) is 5.91 Å². The highest BCUT2D eigenvalue weighted by Crippen LogP contribution is 2.36. The average Bonchev–Trinajstić information content (AvgIpc) is 3.08. The Bertz CT molecular complexity index is 1030. The van der Waals surface area contributed by atoms with E-state index in [1.165, 1.54) is 4.57 Å². The highest BCUT2D eigenvalue weighted by molar-refractivity contribution is 6.62. The lowest BCUT2D eigenvalue weighted by molar-refractivity contribution is -0.132. The van der Waals surface area contributed by atoms with Crippen molar-refractivity contribution >= 4 is 30.0 Å². The van der Waals surface area contributed by atoms with E-state index in [2.05, 4.69) is 10.4 Å². The lowest BCUT2D eigenvalue weighted by Gasteiger charge is -2.32. The van der Waals surface area contributed by atoms with Gasteiger partial charge in [0.05, 0.1) is 23.4 Å². The fourth-order valence-electron chi connectivity index (χ4n) is 3.43. The molecule has 1 saturated heterocycles. The first kappa shape index (κ1) is 19.7. The van der Waals surface area contributed by atoms with E-state index in [0.717, 1.165) is 11.2 Å². The lowest BCUT2D eigenvalue weighted by Crippen LogP contribution is -2.41. The first-order valence-corrected chi connectivity index (χ1v) is 9.61. The number of hydrogen-bond acceptors (Lipinski definition) is 6. The van der Waals surface area contributed by atoms with E-state index < -0.39 is 18.3 Å². The molecule has 2 aliphatic rings. The van der Waals surface area contributed by atoms with E-state index in [-0.39, 0.29) is 18.0 Å². The van der Waals surface area contributed by atoms with Crippen molar-refractivity contribution < 1.29 is 14.1 Å². The Balaban J connectivity index is 1.64. The van der Waals surface area contributed by atoms with Gasteiger partial charge in [-0.05, 0) is 33.8 Å². The first-order valence-electron chi connectivity index (χ1n) is 9.61. The summed E-state index contributed by atoms with van der Waals surface area (Å²) in [5.74, 6) is 0.525. The Morgan fingerprint density at radius 2 is 1.72 bits per heavy atom. The molecule has 2 aromatic rings. The predicted octanol–water partition coefficient (Wildman–Crippen LogP) is 0.597. The van der Waals surface area contributed by atoms with Gasteiger partial charge in [-0.3, -0.25) is 14.3 Å². The summed E-state index contributed by atoms with van der Waals surface area (Å²) in [5.41, 5.74) is 0.892. The number of aryl methyl sites for hydroxylation is 1. The fourth-order valence-corrected chi connectivity index (χ4v) is 3.43. The quantitative estimate of drug-likeness (QED) is 0.761. The number of likely N-dealkylation sites (N-methyl/N-ethyl adjacent to an activating group) is 1. The molecule has 1 amide bonds. The van der Waals surface area contributed by atoms with E-state index in [4.69, 9.17) is 9.31 Å². The van der Waals surface area contributed by atoms with Gasteiger partial charge in [0.1, 0.15) is 12.2 Å². The van der Waals surface area contributed by atoms with Crippen molar-refractivity contribution in [3.8, 4) is 0 Å². The minimum Gasteiger partial charge on any atom is -0.399 e. The van der Waals surface area contributed by atoms with E-state index in [1.54, 1.807) is 35.9 Å². The summed E-state index contributed by atoms with van der Waals surface area (Å²) < 4.78 is 15.4. The van der Waals surface area contributed by atoms with Gasteiger partial charge in [-0.25, -0.2) is 0 Å². The van der Waals surface area contributed by atoms with Crippen LogP contribution in [-0.4, -0.2) is 50.5 Å². The maximum absolute atomic E-state index is 12.7. The molecule has 0 bridgehead atoms. The Morgan fingerprint density at radius 1 is 1.07 bits per heavy atom. The molecule has 1 fully saturated rings. The molecule has 1 N–H and O–H groups in total. The molecule has 4 heterocycles. The highest BCUT2D eigenvalue weighted by atomic mass is 16.7. The van der Waals surface area contributed by atoms with Crippen LogP contribution in [0, 0.1) is 0 Å². The topological polar surface area (TPSA) is 90.6 Å². The number of hydrogen-bond donors (Lipinski definition) is 1. The van der Waals surface area contributed by atoms with Crippen molar-refractivity contribution in [3.63, 3.8) is 0 Å². The molecule has 0 atom stereocenters. The third-order valence-electron chi connectivity index (χ3n) is 5.97. The van der Waals surface area contributed by atoms with Crippen molar-refractivity contribution in [2.24, 2.45) is 7.05 Å². The van der Waals surface area contributed by atoms with Crippen LogP contribution in [0.25, 0.3) is 0 Å². The number of anilines is 2. The number of carbonyl (C=O) groups excluding carboxylic acids is 1. The second kappa shape index (κ2) is 6.46. The zero-order valence-corrected chi connectivity index (χ0v) is 17.6. The predicted molar refractivity (Wildman–Crippen MR) is 109 cm³/mol. The van der Waals surface area contributed by atoms with Crippen molar-refractivity contribution in [1.82, 2.24) is 19.2 Å². The Hall–Kier alpha value is -2.59. The van der Waals surface area contributed by atoms with Crippen molar-refractivity contribution in [2.45, 2.75) is 52.0 Å². The number of aromatic nitrogens is 3. The normalized spacial score (nSPS) is 20.1. The van der Waals surface area contributed by atoms with Crippen LogP contribution in [0.5, 0.6) is 0 Å². The first-order chi connectivity index (χ1) is 13.5. The number of amides is 1. The summed E-state index contributed by atoms with van der Waals surface area (Å²) in [6.45, 7) is 8.63. The molecular weight excluding hydrogens is 373 g/mol. The van der Waals surface area contributed by atoms with E-state index >= 15 is 0 Å². The largest absolute Gasteiger partial charge is 0.496 e. The van der Waals surface area contributed by atoms with Gasteiger partial charge in [-0.2, -0.15) is 5.10 Å². The standard InChI is InChI=1S/C19H26BN5O4/c1-18(2)19(3,4)29-20(28-18)12-7-14(17(27)24(6)9-12)21-15-8-13-10-23(5)16(26)11-25(13)22-15/h7-9H,10-11H2,1-6H3,(H,21,22). The minimum absolute atomic E-state index is 0.00539. The van der Waals surface area contributed by atoms with Gasteiger partial charge < -0.3 is 24.1 Å². The maximum atomic E-state index is 12.7. The number of nitrogens with zero attached hydrogens (tertiary/aromatic N) is 4. The maximum Gasteiger partial charge on any atom is 0.496 e. The summed E-state index contributed by atoms with van der Waals surface area (Å²) in [4.78, 5) is 26.2. The molecule has 0 spiro atoms. The van der Waals surface area contributed by atoms with Crippen LogP contribution >= 0.6 is 0 Å². The SMILES string of the molecule is CN1Cc2cc(Nc3cc(B4OC(C)(C)C(C)(C)O4)cn(C)c3=O)nn2CC1=O. The average molecular weight is 399 g/mol.